The second-order valence-corrected chi connectivity index (χ2v) is 5.96. The van der Waals surface area contributed by atoms with E-state index in [4.69, 9.17) is 4.74 Å². The zero-order valence-corrected chi connectivity index (χ0v) is 10.6. The lowest BCUT2D eigenvalue weighted by Crippen LogP contribution is -2.34. The number of hydrogen-bond donors (Lipinski definition) is 0. The fourth-order valence-corrected chi connectivity index (χ4v) is 4.16. The number of aromatic nitrogens is 1. The molecule has 2 amide bonds. The van der Waals surface area contributed by atoms with E-state index in [2.05, 4.69) is 4.98 Å². The van der Waals surface area contributed by atoms with Crippen molar-refractivity contribution in [3.05, 3.63) is 11.1 Å². The molecule has 1 aromatic rings. The van der Waals surface area contributed by atoms with E-state index in [0.717, 1.165) is 18.5 Å². The minimum Gasteiger partial charge on any atom is -0.373 e. The molecule has 4 atom stereocenters. The number of carbonyl (C=O) groups excluding carboxylic acids is 2. The number of fused-ring (bicyclic) bond motifs is 5. The molecule has 1 aromatic heterocycles. The van der Waals surface area contributed by atoms with Gasteiger partial charge in [-0.3, -0.25) is 9.59 Å². The molecule has 4 heterocycles. The van der Waals surface area contributed by atoms with Gasteiger partial charge in [0.25, 0.3) is 0 Å². The van der Waals surface area contributed by atoms with E-state index in [9.17, 15) is 9.59 Å². The largest absolute Gasteiger partial charge is 0.373 e. The van der Waals surface area contributed by atoms with Gasteiger partial charge < -0.3 is 4.74 Å². The maximum Gasteiger partial charge on any atom is 0.242 e. The number of amides is 2. The zero-order chi connectivity index (χ0) is 12.4. The van der Waals surface area contributed by atoms with Crippen molar-refractivity contribution in [3.8, 4) is 0 Å². The third kappa shape index (κ3) is 1.17. The highest BCUT2D eigenvalue weighted by Crippen LogP contribution is 2.49. The summed E-state index contributed by atoms with van der Waals surface area (Å²) >= 11 is 1.35. The summed E-state index contributed by atoms with van der Waals surface area (Å²) in [6.07, 6.45) is 1.69. The Morgan fingerprint density at radius 1 is 1.28 bits per heavy atom. The highest BCUT2D eigenvalue weighted by Gasteiger charge is 2.63. The summed E-state index contributed by atoms with van der Waals surface area (Å²) in [6.45, 7) is 1.86. The molecule has 0 aromatic carbocycles. The molecule has 3 fully saturated rings. The van der Waals surface area contributed by atoms with Crippen molar-refractivity contribution >= 4 is 28.3 Å². The normalized spacial score (nSPS) is 37.7. The first-order chi connectivity index (χ1) is 8.66. The first-order valence-electron chi connectivity index (χ1n) is 6.12. The fraction of sp³-hybridized carbons (Fsp3) is 0.583. The number of thiazole rings is 1. The van der Waals surface area contributed by atoms with E-state index in [1.807, 2.05) is 12.3 Å². The van der Waals surface area contributed by atoms with Crippen LogP contribution in [0.5, 0.6) is 0 Å². The van der Waals surface area contributed by atoms with Gasteiger partial charge in [-0.2, -0.15) is 0 Å². The first-order valence-corrected chi connectivity index (χ1v) is 7.00. The van der Waals surface area contributed by atoms with Crippen molar-refractivity contribution in [1.29, 1.82) is 0 Å². The lowest BCUT2D eigenvalue weighted by atomic mass is 9.81. The molecule has 0 saturated carbocycles. The molecular weight excluding hydrogens is 252 g/mol. The first kappa shape index (κ1) is 10.6. The molecule has 2 bridgehead atoms. The van der Waals surface area contributed by atoms with Crippen LogP contribution in [0.2, 0.25) is 0 Å². The maximum absolute atomic E-state index is 12.4. The number of rotatable bonds is 1. The lowest BCUT2D eigenvalue weighted by Gasteiger charge is -2.14. The van der Waals surface area contributed by atoms with Crippen LogP contribution in [0.15, 0.2) is 5.38 Å². The van der Waals surface area contributed by atoms with E-state index in [1.165, 1.54) is 16.2 Å². The topological polar surface area (TPSA) is 59.5 Å². The lowest BCUT2D eigenvalue weighted by molar-refractivity contribution is -0.124. The molecule has 0 spiro atoms. The smallest absolute Gasteiger partial charge is 0.242 e. The van der Waals surface area contributed by atoms with Crippen LogP contribution in [0, 0.1) is 18.8 Å². The molecule has 94 valence electrons. The zero-order valence-electron chi connectivity index (χ0n) is 9.83. The monoisotopic (exact) mass is 264 g/mol. The van der Waals surface area contributed by atoms with Gasteiger partial charge in [0, 0.05) is 5.38 Å². The molecular formula is C12H12N2O3S. The summed E-state index contributed by atoms with van der Waals surface area (Å²) in [5.41, 5.74) is 0.840. The molecule has 0 unspecified atom stereocenters. The fourth-order valence-electron chi connectivity index (χ4n) is 3.34. The average Bonchev–Trinajstić information content (AvgIpc) is 3.05. The van der Waals surface area contributed by atoms with Gasteiger partial charge in [0.15, 0.2) is 5.13 Å². The summed E-state index contributed by atoms with van der Waals surface area (Å²) < 4.78 is 5.68. The Labute approximate surface area is 108 Å². The van der Waals surface area contributed by atoms with Crippen molar-refractivity contribution < 1.29 is 14.3 Å². The van der Waals surface area contributed by atoms with Gasteiger partial charge in [0.2, 0.25) is 11.8 Å². The van der Waals surface area contributed by atoms with E-state index < -0.39 is 0 Å². The third-order valence-electron chi connectivity index (χ3n) is 4.08. The van der Waals surface area contributed by atoms with Crippen LogP contribution in [-0.4, -0.2) is 29.0 Å². The van der Waals surface area contributed by atoms with Crippen LogP contribution in [0.1, 0.15) is 18.5 Å². The van der Waals surface area contributed by atoms with Crippen LogP contribution in [0.4, 0.5) is 5.13 Å². The number of carbonyl (C=O) groups is 2. The SMILES string of the molecule is Cc1csc(N2C(=O)[C@@H]3[C@H](C2=O)[C@H]2CC[C@H]3O2)n1. The molecule has 3 aliphatic rings. The van der Waals surface area contributed by atoms with Gasteiger partial charge in [-0.1, -0.05) is 0 Å². The Morgan fingerprint density at radius 3 is 2.39 bits per heavy atom. The van der Waals surface area contributed by atoms with Crippen molar-refractivity contribution in [3.63, 3.8) is 0 Å². The number of ether oxygens (including phenoxy) is 1. The second-order valence-electron chi connectivity index (χ2n) is 5.13. The number of imide groups is 1. The maximum atomic E-state index is 12.4. The summed E-state index contributed by atoms with van der Waals surface area (Å²) in [4.78, 5) is 30.3. The summed E-state index contributed by atoms with van der Waals surface area (Å²) in [5, 5.41) is 2.37. The third-order valence-corrected chi connectivity index (χ3v) is 5.03. The van der Waals surface area contributed by atoms with Gasteiger partial charge in [-0.05, 0) is 19.8 Å². The quantitative estimate of drug-likeness (QED) is 0.713. The van der Waals surface area contributed by atoms with Crippen molar-refractivity contribution in [2.45, 2.75) is 32.0 Å². The number of aryl methyl sites for hydroxylation is 1. The average molecular weight is 264 g/mol. The van der Waals surface area contributed by atoms with Crippen LogP contribution < -0.4 is 4.90 Å². The van der Waals surface area contributed by atoms with Crippen molar-refractivity contribution in [2.24, 2.45) is 11.8 Å². The molecule has 5 nitrogen and oxygen atoms in total. The van der Waals surface area contributed by atoms with Crippen LogP contribution in [0.25, 0.3) is 0 Å². The van der Waals surface area contributed by atoms with Gasteiger partial charge in [-0.15, -0.1) is 11.3 Å². The molecule has 18 heavy (non-hydrogen) atoms. The molecule has 3 saturated heterocycles. The van der Waals surface area contributed by atoms with Crippen molar-refractivity contribution in [1.82, 2.24) is 4.98 Å². The summed E-state index contributed by atoms with van der Waals surface area (Å²) in [6, 6.07) is 0. The van der Waals surface area contributed by atoms with Gasteiger partial charge in [0.05, 0.1) is 29.7 Å². The molecule has 0 radical (unpaired) electrons. The highest BCUT2D eigenvalue weighted by atomic mass is 32.1. The Hall–Kier alpha value is -1.27. The highest BCUT2D eigenvalue weighted by molar-refractivity contribution is 7.14. The van der Waals surface area contributed by atoms with Crippen molar-refractivity contribution in [2.75, 3.05) is 4.90 Å². The second kappa shape index (κ2) is 3.39. The standard InChI is InChI=1S/C12H12N2O3S/c1-5-4-18-12(13-5)14-10(15)8-6-2-3-7(17-6)9(8)11(14)16/h4,6-9H,2-3H2,1H3/t6-,7-,8-,9+/m1/s1. The van der Waals surface area contributed by atoms with E-state index >= 15 is 0 Å². The Morgan fingerprint density at radius 2 is 1.89 bits per heavy atom. The molecule has 0 aliphatic carbocycles. The molecule has 6 heteroatoms. The molecule has 4 rings (SSSR count). The number of hydrogen-bond acceptors (Lipinski definition) is 5. The van der Waals surface area contributed by atoms with Gasteiger partial charge >= 0.3 is 0 Å². The van der Waals surface area contributed by atoms with E-state index in [-0.39, 0.29) is 35.9 Å². The predicted molar refractivity (Wildman–Crippen MR) is 64.2 cm³/mol. The van der Waals surface area contributed by atoms with Gasteiger partial charge in [-0.25, -0.2) is 9.88 Å². The Kier molecular flexibility index (Phi) is 2.00. The Balaban J connectivity index is 1.75. The van der Waals surface area contributed by atoms with E-state index in [1.54, 1.807) is 0 Å². The minimum absolute atomic E-state index is 0.0532. The van der Waals surface area contributed by atoms with Crippen LogP contribution >= 0.6 is 11.3 Å². The predicted octanol–water partition coefficient (Wildman–Crippen LogP) is 1.12. The van der Waals surface area contributed by atoms with Crippen LogP contribution in [0.3, 0.4) is 0 Å². The van der Waals surface area contributed by atoms with Gasteiger partial charge in [0.1, 0.15) is 0 Å². The van der Waals surface area contributed by atoms with E-state index in [0.29, 0.717) is 5.13 Å². The number of nitrogens with zero attached hydrogens (tertiary/aromatic N) is 2. The summed E-state index contributed by atoms with van der Waals surface area (Å²) in [7, 11) is 0. The molecule has 0 N–H and O–H groups in total. The summed E-state index contributed by atoms with van der Waals surface area (Å²) in [5.74, 6) is -0.765. The Bertz CT molecular complexity index is 527. The van der Waals surface area contributed by atoms with Crippen LogP contribution in [-0.2, 0) is 14.3 Å². The molecule has 3 aliphatic heterocycles. The minimum atomic E-state index is -0.263. The number of anilines is 1.